The molecular formula is C16H18N2O2S. The minimum absolute atomic E-state index is 0.328. The fourth-order valence-corrected chi connectivity index (χ4v) is 2.36. The third-order valence-corrected chi connectivity index (χ3v) is 3.61. The van der Waals surface area contributed by atoms with Crippen LogP contribution in [-0.4, -0.2) is 18.8 Å². The molecule has 0 amide bonds. The van der Waals surface area contributed by atoms with Crippen LogP contribution in [0, 0.1) is 0 Å². The number of nitrogen functional groups attached to an aromatic ring is 1. The topological polar surface area (TPSA) is 64.3 Å². The first-order valence-corrected chi connectivity index (χ1v) is 7.84. The SMILES string of the molecule is CCOC(=O)c1cc(N)ccc1Nc1cccc(SC)c1. The van der Waals surface area contributed by atoms with E-state index < -0.39 is 0 Å². The molecule has 0 saturated heterocycles. The van der Waals surface area contributed by atoms with Gasteiger partial charge in [-0.05, 0) is 49.6 Å². The lowest BCUT2D eigenvalue weighted by Crippen LogP contribution is -2.08. The normalized spacial score (nSPS) is 10.2. The lowest BCUT2D eigenvalue weighted by Gasteiger charge is -2.12. The number of anilines is 3. The van der Waals surface area contributed by atoms with Gasteiger partial charge in [0.25, 0.3) is 0 Å². The Morgan fingerprint density at radius 2 is 2.10 bits per heavy atom. The molecule has 0 saturated carbocycles. The molecule has 2 aromatic carbocycles. The van der Waals surface area contributed by atoms with Crippen LogP contribution in [-0.2, 0) is 4.74 Å². The number of rotatable bonds is 5. The summed E-state index contributed by atoms with van der Waals surface area (Å²) >= 11 is 1.66. The van der Waals surface area contributed by atoms with Crippen LogP contribution in [0.4, 0.5) is 17.1 Å². The van der Waals surface area contributed by atoms with Gasteiger partial charge in [0.1, 0.15) is 0 Å². The maximum absolute atomic E-state index is 12.0. The van der Waals surface area contributed by atoms with Crippen LogP contribution in [0.15, 0.2) is 47.4 Å². The highest BCUT2D eigenvalue weighted by atomic mass is 32.2. The Balaban J connectivity index is 2.32. The van der Waals surface area contributed by atoms with Gasteiger partial charge in [-0.1, -0.05) is 6.07 Å². The number of hydrogen-bond donors (Lipinski definition) is 2. The fraction of sp³-hybridized carbons (Fsp3) is 0.188. The minimum atomic E-state index is -0.381. The molecule has 110 valence electrons. The van der Waals surface area contributed by atoms with Crippen molar-refractivity contribution in [3.05, 3.63) is 48.0 Å². The maximum Gasteiger partial charge on any atom is 0.340 e. The smallest absolute Gasteiger partial charge is 0.340 e. The maximum atomic E-state index is 12.0. The van der Waals surface area contributed by atoms with E-state index in [1.165, 1.54) is 0 Å². The molecule has 0 radical (unpaired) electrons. The Morgan fingerprint density at radius 1 is 1.29 bits per heavy atom. The van der Waals surface area contributed by atoms with Crippen LogP contribution in [0.5, 0.6) is 0 Å². The average Bonchev–Trinajstić information content (AvgIpc) is 2.49. The third-order valence-electron chi connectivity index (χ3n) is 2.89. The second-order valence-electron chi connectivity index (χ2n) is 4.38. The molecule has 0 heterocycles. The van der Waals surface area contributed by atoms with E-state index >= 15 is 0 Å². The molecule has 0 aliphatic heterocycles. The third kappa shape index (κ3) is 3.92. The van der Waals surface area contributed by atoms with Gasteiger partial charge in [-0.15, -0.1) is 11.8 Å². The molecule has 0 aliphatic carbocycles. The fourth-order valence-electron chi connectivity index (χ4n) is 1.90. The monoisotopic (exact) mass is 302 g/mol. The van der Waals surface area contributed by atoms with Gasteiger partial charge in [0, 0.05) is 16.3 Å². The number of carbonyl (C=O) groups excluding carboxylic acids is 1. The summed E-state index contributed by atoms with van der Waals surface area (Å²) in [5, 5.41) is 3.24. The molecule has 0 aliphatic rings. The van der Waals surface area contributed by atoms with Gasteiger partial charge >= 0.3 is 5.97 Å². The molecule has 0 unspecified atom stereocenters. The first-order chi connectivity index (χ1) is 10.1. The zero-order valence-electron chi connectivity index (χ0n) is 12.1. The van der Waals surface area contributed by atoms with Gasteiger partial charge in [-0.3, -0.25) is 0 Å². The molecule has 21 heavy (non-hydrogen) atoms. The van der Waals surface area contributed by atoms with E-state index in [1.807, 2.05) is 30.5 Å². The van der Waals surface area contributed by atoms with E-state index in [0.717, 1.165) is 10.6 Å². The van der Waals surface area contributed by atoms with Gasteiger partial charge in [0.2, 0.25) is 0 Å². The van der Waals surface area contributed by atoms with Crippen molar-refractivity contribution in [2.45, 2.75) is 11.8 Å². The molecule has 3 N–H and O–H groups in total. The van der Waals surface area contributed by atoms with Crippen LogP contribution < -0.4 is 11.1 Å². The number of hydrogen-bond acceptors (Lipinski definition) is 5. The van der Waals surface area contributed by atoms with E-state index in [-0.39, 0.29) is 5.97 Å². The number of nitrogens with one attached hydrogen (secondary N) is 1. The summed E-state index contributed by atoms with van der Waals surface area (Å²) < 4.78 is 5.07. The molecule has 0 atom stereocenters. The van der Waals surface area contributed by atoms with Crippen LogP contribution in [0.25, 0.3) is 0 Å². The van der Waals surface area contributed by atoms with Gasteiger partial charge in [0.05, 0.1) is 17.9 Å². The first kappa shape index (κ1) is 15.3. The summed E-state index contributed by atoms with van der Waals surface area (Å²) in [6.45, 7) is 2.11. The molecule has 0 bridgehead atoms. The number of esters is 1. The molecule has 2 rings (SSSR count). The van der Waals surface area contributed by atoms with E-state index in [0.29, 0.717) is 23.5 Å². The van der Waals surface area contributed by atoms with Crippen LogP contribution in [0.1, 0.15) is 17.3 Å². The highest BCUT2D eigenvalue weighted by Crippen LogP contribution is 2.26. The summed E-state index contributed by atoms with van der Waals surface area (Å²) in [4.78, 5) is 13.2. The van der Waals surface area contributed by atoms with Crippen LogP contribution >= 0.6 is 11.8 Å². The van der Waals surface area contributed by atoms with Crippen molar-refractivity contribution >= 4 is 34.8 Å². The summed E-state index contributed by atoms with van der Waals surface area (Å²) in [5.41, 5.74) is 8.32. The van der Waals surface area contributed by atoms with Crippen molar-refractivity contribution in [1.82, 2.24) is 0 Å². The second kappa shape index (κ2) is 7.04. The molecule has 0 fully saturated rings. The van der Waals surface area contributed by atoms with Crippen molar-refractivity contribution < 1.29 is 9.53 Å². The second-order valence-corrected chi connectivity index (χ2v) is 5.26. The highest BCUT2D eigenvalue weighted by molar-refractivity contribution is 7.98. The van der Waals surface area contributed by atoms with Crippen molar-refractivity contribution in [2.75, 3.05) is 23.9 Å². The summed E-state index contributed by atoms with van der Waals surface area (Å²) in [7, 11) is 0. The van der Waals surface area contributed by atoms with E-state index in [4.69, 9.17) is 10.5 Å². The van der Waals surface area contributed by atoms with E-state index in [2.05, 4.69) is 5.32 Å². The van der Waals surface area contributed by atoms with Crippen LogP contribution in [0.2, 0.25) is 0 Å². The Bertz CT molecular complexity index is 644. The largest absolute Gasteiger partial charge is 0.462 e. The summed E-state index contributed by atoms with van der Waals surface area (Å²) in [5.74, 6) is -0.381. The zero-order valence-corrected chi connectivity index (χ0v) is 12.9. The van der Waals surface area contributed by atoms with Crippen molar-refractivity contribution in [3.8, 4) is 0 Å². The Kier molecular flexibility index (Phi) is 5.11. The van der Waals surface area contributed by atoms with Crippen LogP contribution in [0.3, 0.4) is 0 Å². The molecule has 2 aromatic rings. The quantitative estimate of drug-likeness (QED) is 0.498. The number of nitrogens with two attached hydrogens (primary N) is 1. The molecule has 5 heteroatoms. The summed E-state index contributed by atoms with van der Waals surface area (Å²) in [6, 6.07) is 13.1. The van der Waals surface area contributed by atoms with Gasteiger partial charge in [-0.2, -0.15) is 0 Å². The Labute approximate surface area is 128 Å². The minimum Gasteiger partial charge on any atom is -0.462 e. The molecule has 0 spiro atoms. The van der Waals surface area contributed by atoms with Crippen molar-refractivity contribution in [3.63, 3.8) is 0 Å². The molecule has 4 nitrogen and oxygen atoms in total. The van der Waals surface area contributed by atoms with E-state index in [1.54, 1.807) is 36.9 Å². The lowest BCUT2D eigenvalue weighted by atomic mass is 10.1. The van der Waals surface area contributed by atoms with Crippen molar-refractivity contribution in [1.29, 1.82) is 0 Å². The average molecular weight is 302 g/mol. The predicted octanol–water partition coefficient (Wildman–Crippen LogP) is 3.91. The van der Waals surface area contributed by atoms with Crippen molar-refractivity contribution in [2.24, 2.45) is 0 Å². The standard InChI is InChI=1S/C16H18N2O2S/c1-3-20-16(19)14-9-11(17)7-8-15(14)18-12-5-4-6-13(10-12)21-2/h4-10,18H,3,17H2,1-2H3. The first-order valence-electron chi connectivity index (χ1n) is 6.61. The van der Waals surface area contributed by atoms with E-state index in [9.17, 15) is 4.79 Å². The predicted molar refractivity (Wildman–Crippen MR) is 88.3 cm³/mol. The molecule has 0 aromatic heterocycles. The molecular weight excluding hydrogens is 284 g/mol. The number of benzene rings is 2. The zero-order chi connectivity index (χ0) is 15.2. The Morgan fingerprint density at radius 3 is 2.81 bits per heavy atom. The number of ether oxygens (including phenoxy) is 1. The lowest BCUT2D eigenvalue weighted by molar-refractivity contribution is 0.0527. The van der Waals surface area contributed by atoms with Gasteiger partial charge in [-0.25, -0.2) is 4.79 Å². The van der Waals surface area contributed by atoms with Gasteiger partial charge < -0.3 is 15.8 Å². The number of thioether (sulfide) groups is 1. The Hall–Kier alpha value is -2.14. The number of carbonyl (C=O) groups is 1. The van der Waals surface area contributed by atoms with Gasteiger partial charge in [0.15, 0.2) is 0 Å². The highest BCUT2D eigenvalue weighted by Gasteiger charge is 2.13. The summed E-state index contributed by atoms with van der Waals surface area (Å²) in [6.07, 6.45) is 2.02.